The third-order valence-corrected chi connectivity index (χ3v) is 3.31. The Morgan fingerprint density at radius 2 is 1.96 bits per heavy atom. The number of carbonyl (C=O) groups is 1. The summed E-state index contributed by atoms with van der Waals surface area (Å²) in [5.41, 5.74) is 0.115. The second kappa shape index (κ2) is 8.08. The quantitative estimate of drug-likeness (QED) is 0.328. The van der Waals surface area contributed by atoms with Crippen molar-refractivity contribution in [1.82, 2.24) is 10.2 Å². The first kappa shape index (κ1) is 17.4. The molecule has 1 heterocycles. The van der Waals surface area contributed by atoms with E-state index in [-0.39, 0.29) is 17.1 Å². The van der Waals surface area contributed by atoms with Gasteiger partial charge in [-0.15, -0.1) is 0 Å². The maximum atomic E-state index is 13.2. The van der Waals surface area contributed by atoms with Crippen LogP contribution in [-0.2, 0) is 9.53 Å². The van der Waals surface area contributed by atoms with Crippen LogP contribution in [0.4, 0.5) is 14.5 Å². The van der Waals surface area contributed by atoms with Gasteiger partial charge in [-0.25, -0.2) is 8.78 Å². The monoisotopic (exact) mass is 334 g/mol. The Morgan fingerprint density at radius 3 is 2.50 bits per heavy atom. The van der Waals surface area contributed by atoms with Crippen molar-refractivity contribution in [3.63, 3.8) is 0 Å². The highest BCUT2D eigenvalue weighted by Crippen LogP contribution is 2.17. The SMILES string of the molecule is C#CO/C(C(=O)Nc1cc(F)cc(F)c1)=C(/C=N)N1CCNCC1. The smallest absolute Gasteiger partial charge is 0.294 e. The summed E-state index contributed by atoms with van der Waals surface area (Å²) in [5, 5.41) is 13.0. The average molecular weight is 334 g/mol. The largest absolute Gasteiger partial charge is 0.400 e. The number of hydrogen-bond donors (Lipinski definition) is 3. The lowest BCUT2D eigenvalue weighted by Gasteiger charge is -2.30. The number of carbonyl (C=O) groups excluding carboxylic acids is 1. The molecule has 1 aliphatic rings. The van der Waals surface area contributed by atoms with Gasteiger partial charge in [-0.3, -0.25) is 4.79 Å². The van der Waals surface area contributed by atoms with E-state index in [1.165, 1.54) is 0 Å². The van der Waals surface area contributed by atoms with Crippen LogP contribution in [0.1, 0.15) is 0 Å². The zero-order valence-electron chi connectivity index (χ0n) is 12.7. The fourth-order valence-corrected chi connectivity index (χ4v) is 2.29. The molecule has 0 aromatic heterocycles. The molecule has 8 heteroatoms. The summed E-state index contributed by atoms with van der Waals surface area (Å²) in [7, 11) is 0. The van der Waals surface area contributed by atoms with Crippen LogP contribution in [0, 0.1) is 29.6 Å². The number of piperazine rings is 1. The first-order valence-corrected chi connectivity index (χ1v) is 7.15. The number of allylic oxidation sites excluding steroid dienone is 1. The van der Waals surface area contributed by atoms with Gasteiger partial charge < -0.3 is 25.7 Å². The van der Waals surface area contributed by atoms with Crippen molar-refractivity contribution >= 4 is 17.8 Å². The molecule has 1 aliphatic heterocycles. The van der Waals surface area contributed by atoms with Gasteiger partial charge in [0.05, 0.1) is 0 Å². The number of nitrogens with zero attached hydrogens (tertiary/aromatic N) is 1. The van der Waals surface area contributed by atoms with Gasteiger partial charge in [-0.1, -0.05) is 6.42 Å². The Labute approximate surface area is 138 Å². The van der Waals surface area contributed by atoms with E-state index in [2.05, 4.69) is 10.6 Å². The first-order chi connectivity index (χ1) is 11.5. The summed E-state index contributed by atoms with van der Waals surface area (Å²) in [6, 6.07) is 2.61. The van der Waals surface area contributed by atoms with Crippen LogP contribution in [0.5, 0.6) is 0 Å². The number of anilines is 1. The number of benzene rings is 1. The molecule has 1 saturated heterocycles. The standard InChI is InChI=1S/C16H16F2N4O2/c1-2-24-15(14(10-19)22-5-3-20-4-6-22)16(23)21-13-8-11(17)7-12(18)9-13/h1,7-10,19-20H,3-6H2,(H,21,23)/b15-14-,19-10?. The maximum Gasteiger partial charge on any atom is 0.294 e. The van der Waals surface area contributed by atoms with Crippen LogP contribution in [0.2, 0.25) is 0 Å². The van der Waals surface area contributed by atoms with Crippen LogP contribution >= 0.6 is 0 Å². The van der Waals surface area contributed by atoms with Crippen molar-refractivity contribution in [2.24, 2.45) is 0 Å². The molecular weight excluding hydrogens is 318 g/mol. The molecule has 24 heavy (non-hydrogen) atoms. The molecule has 0 unspecified atom stereocenters. The van der Waals surface area contributed by atoms with E-state index in [9.17, 15) is 13.6 Å². The van der Waals surface area contributed by atoms with Crippen LogP contribution in [0.3, 0.4) is 0 Å². The van der Waals surface area contributed by atoms with Gasteiger partial charge in [0.25, 0.3) is 5.91 Å². The lowest BCUT2D eigenvalue weighted by molar-refractivity contribution is -0.115. The summed E-state index contributed by atoms with van der Waals surface area (Å²) < 4.78 is 31.4. The lowest BCUT2D eigenvalue weighted by atomic mass is 10.2. The molecular formula is C16H16F2N4O2. The molecule has 126 valence electrons. The van der Waals surface area contributed by atoms with E-state index in [4.69, 9.17) is 16.6 Å². The van der Waals surface area contributed by atoms with Crippen molar-refractivity contribution in [3.8, 4) is 12.5 Å². The van der Waals surface area contributed by atoms with Crippen LogP contribution in [0.15, 0.2) is 29.7 Å². The Bertz CT molecular complexity index is 686. The molecule has 1 amide bonds. The highest BCUT2D eigenvalue weighted by molar-refractivity contribution is 6.05. The fourth-order valence-electron chi connectivity index (χ4n) is 2.29. The second-order valence-corrected chi connectivity index (χ2v) is 4.93. The molecule has 6 nitrogen and oxygen atoms in total. The highest BCUT2D eigenvalue weighted by Gasteiger charge is 2.23. The van der Waals surface area contributed by atoms with E-state index < -0.39 is 17.5 Å². The Kier molecular flexibility index (Phi) is 5.87. The number of rotatable bonds is 5. The van der Waals surface area contributed by atoms with Crippen molar-refractivity contribution in [1.29, 1.82) is 5.41 Å². The topological polar surface area (TPSA) is 77.5 Å². The van der Waals surface area contributed by atoms with E-state index >= 15 is 0 Å². The normalized spacial score (nSPS) is 15.1. The van der Waals surface area contributed by atoms with Gasteiger partial charge in [0, 0.05) is 44.1 Å². The number of halogens is 2. The molecule has 3 N–H and O–H groups in total. The van der Waals surface area contributed by atoms with Crippen LogP contribution in [0.25, 0.3) is 0 Å². The third-order valence-electron chi connectivity index (χ3n) is 3.31. The molecule has 0 bridgehead atoms. The summed E-state index contributed by atoms with van der Waals surface area (Å²) in [6.07, 6.45) is 7.98. The molecule has 0 atom stereocenters. The Balaban J connectivity index is 2.30. The minimum Gasteiger partial charge on any atom is -0.400 e. The van der Waals surface area contributed by atoms with Gasteiger partial charge in [0.2, 0.25) is 5.76 Å². The number of nitrogens with one attached hydrogen (secondary N) is 3. The van der Waals surface area contributed by atoms with Gasteiger partial charge in [-0.2, -0.15) is 0 Å². The number of amides is 1. The molecule has 1 aromatic carbocycles. The predicted molar refractivity (Wildman–Crippen MR) is 85.2 cm³/mol. The number of hydrogen-bond acceptors (Lipinski definition) is 5. The van der Waals surface area contributed by atoms with Gasteiger partial charge in [0.15, 0.2) is 0 Å². The summed E-state index contributed by atoms with van der Waals surface area (Å²) in [5.74, 6) is -2.74. The molecule has 2 rings (SSSR count). The molecule has 1 aromatic rings. The van der Waals surface area contributed by atoms with E-state index in [0.29, 0.717) is 32.2 Å². The summed E-state index contributed by atoms with van der Waals surface area (Å²) in [4.78, 5) is 14.2. The van der Waals surface area contributed by atoms with Crippen molar-refractivity contribution in [2.45, 2.75) is 0 Å². The van der Waals surface area contributed by atoms with E-state index in [1.807, 2.05) is 6.11 Å². The van der Waals surface area contributed by atoms with E-state index in [1.54, 1.807) is 4.90 Å². The van der Waals surface area contributed by atoms with Gasteiger partial charge >= 0.3 is 0 Å². The number of terminal acetylenes is 1. The van der Waals surface area contributed by atoms with Gasteiger partial charge in [-0.05, 0) is 12.1 Å². The minimum absolute atomic E-state index is 0.0831. The second-order valence-electron chi connectivity index (χ2n) is 4.93. The van der Waals surface area contributed by atoms with Crippen molar-refractivity contribution in [2.75, 3.05) is 31.5 Å². The van der Waals surface area contributed by atoms with Crippen LogP contribution < -0.4 is 10.6 Å². The summed E-state index contributed by atoms with van der Waals surface area (Å²) >= 11 is 0. The third kappa shape index (κ3) is 4.30. The summed E-state index contributed by atoms with van der Waals surface area (Å²) in [6.45, 7) is 2.48. The lowest BCUT2D eigenvalue weighted by Crippen LogP contribution is -2.44. The van der Waals surface area contributed by atoms with Crippen molar-refractivity contribution < 1.29 is 18.3 Å². The predicted octanol–water partition coefficient (Wildman–Crippen LogP) is 1.28. The highest BCUT2D eigenvalue weighted by atomic mass is 19.1. The molecule has 0 saturated carbocycles. The number of ether oxygens (including phenoxy) is 1. The Morgan fingerprint density at radius 1 is 1.33 bits per heavy atom. The van der Waals surface area contributed by atoms with Crippen molar-refractivity contribution in [3.05, 3.63) is 41.3 Å². The first-order valence-electron chi connectivity index (χ1n) is 7.15. The van der Waals surface area contributed by atoms with Crippen LogP contribution in [-0.4, -0.2) is 43.2 Å². The molecule has 1 fully saturated rings. The zero-order chi connectivity index (χ0) is 17.5. The Hall–Kier alpha value is -2.92. The minimum atomic E-state index is -0.830. The van der Waals surface area contributed by atoms with Gasteiger partial charge in [0.1, 0.15) is 23.4 Å². The maximum absolute atomic E-state index is 13.2. The molecule has 0 aliphatic carbocycles. The molecule has 0 radical (unpaired) electrons. The average Bonchev–Trinajstić information content (AvgIpc) is 2.54. The zero-order valence-corrected chi connectivity index (χ0v) is 12.7. The molecule has 0 spiro atoms. The fraction of sp³-hybridized carbons (Fsp3) is 0.250. The van der Waals surface area contributed by atoms with E-state index in [0.717, 1.165) is 18.3 Å².